The zero-order valence-electron chi connectivity index (χ0n) is 16.5. The smallest absolute Gasteiger partial charge is 0.274 e. The Hall–Kier alpha value is -2.43. The van der Waals surface area contributed by atoms with Crippen molar-refractivity contribution in [2.45, 2.75) is 17.9 Å². The number of fused-ring (bicyclic) bond motifs is 1. The minimum absolute atomic E-state index is 0.128. The number of nitrogens with zero attached hydrogens (tertiary/aromatic N) is 4. The van der Waals surface area contributed by atoms with Gasteiger partial charge in [0.15, 0.2) is 5.69 Å². The van der Waals surface area contributed by atoms with E-state index in [1.165, 1.54) is 23.5 Å². The summed E-state index contributed by atoms with van der Waals surface area (Å²) in [4.78, 5) is 14.9. The minimum Gasteiger partial charge on any atom is -0.497 e. The molecule has 1 saturated heterocycles. The molecule has 1 fully saturated rings. The number of carbonyl (C=O) groups excluding carboxylic acids is 1. The van der Waals surface area contributed by atoms with Gasteiger partial charge in [-0.25, -0.2) is 8.42 Å². The van der Waals surface area contributed by atoms with Gasteiger partial charge in [-0.2, -0.15) is 9.40 Å². The van der Waals surface area contributed by atoms with E-state index in [2.05, 4.69) is 5.10 Å². The number of amides is 1. The summed E-state index contributed by atoms with van der Waals surface area (Å²) in [5, 5.41) is 4.43. The molecule has 0 radical (unpaired) electrons. The highest BCUT2D eigenvalue weighted by Crippen LogP contribution is 2.28. The van der Waals surface area contributed by atoms with Gasteiger partial charge in [0.2, 0.25) is 10.0 Å². The van der Waals surface area contributed by atoms with E-state index in [-0.39, 0.29) is 17.3 Å². The van der Waals surface area contributed by atoms with E-state index < -0.39 is 10.0 Å². The molecular formula is C19H24N4O5S. The van der Waals surface area contributed by atoms with Crippen molar-refractivity contribution in [3.63, 3.8) is 0 Å². The number of methoxy groups -OCH3 is 1. The summed E-state index contributed by atoms with van der Waals surface area (Å²) in [6, 6.07) is 6.32. The van der Waals surface area contributed by atoms with Crippen LogP contribution in [0.3, 0.4) is 0 Å². The Balaban J connectivity index is 1.62. The van der Waals surface area contributed by atoms with Crippen molar-refractivity contribution in [1.82, 2.24) is 19.0 Å². The summed E-state index contributed by atoms with van der Waals surface area (Å²) in [7, 11) is -0.365. The number of rotatable bonds is 4. The standard InChI is InChI=1S/C19H24N4O5S/c1-21-17-7-8-23(29(25,26)15-5-3-14(27-2)4-6-15)13-16(17)18(20-21)19(24)22-9-11-28-12-10-22/h3-6H,7-13H2,1-2H3. The maximum atomic E-state index is 13.1. The molecule has 2 aromatic rings. The average Bonchev–Trinajstić information content (AvgIpc) is 3.10. The molecule has 2 aliphatic heterocycles. The van der Waals surface area contributed by atoms with Crippen molar-refractivity contribution < 1.29 is 22.7 Å². The summed E-state index contributed by atoms with van der Waals surface area (Å²) in [6.45, 7) is 2.49. The minimum atomic E-state index is -3.69. The highest BCUT2D eigenvalue weighted by Gasteiger charge is 2.34. The van der Waals surface area contributed by atoms with Gasteiger partial charge in [0.1, 0.15) is 5.75 Å². The normalized spacial score (nSPS) is 17.8. The van der Waals surface area contributed by atoms with E-state index >= 15 is 0 Å². The third-order valence-corrected chi connectivity index (χ3v) is 7.26. The number of hydrogen-bond acceptors (Lipinski definition) is 6. The topological polar surface area (TPSA) is 94.0 Å². The number of ether oxygens (including phenoxy) is 2. The Morgan fingerprint density at radius 3 is 2.48 bits per heavy atom. The Morgan fingerprint density at radius 2 is 1.83 bits per heavy atom. The third kappa shape index (κ3) is 3.63. The molecule has 1 aromatic carbocycles. The lowest BCUT2D eigenvalue weighted by Gasteiger charge is -2.29. The van der Waals surface area contributed by atoms with Crippen LogP contribution >= 0.6 is 0 Å². The zero-order chi connectivity index (χ0) is 20.6. The van der Waals surface area contributed by atoms with Gasteiger partial charge in [-0.05, 0) is 24.3 Å². The molecule has 0 bridgehead atoms. The predicted molar refractivity (Wildman–Crippen MR) is 104 cm³/mol. The first-order chi connectivity index (χ1) is 13.9. The van der Waals surface area contributed by atoms with E-state index in [9.17, 15) is 13.2 Å². The third-order valence-electron chi connectivity index (χ3n) is 5.41. The monoisotopic (exact) mass is 420 g/mol. The first-order valence-corrected chi connectivity index (χ1v) is 10.9. The highest BCUT2D eigenvalue weighted by atomic mass is 32.2. The van der Waals surface area contributed by atoms with Crippen molar-refractivity contribution >= 4 is 15.9 Å². The van der Waals surface area contributed by atoms with Crippen molar-refractivity contribution in [1.29, 1.82) is 0 Å². The number of sulfonamides is 1. The number of aromatic nitrogens is 2. The average molecular weight is 420 g/mol. The lowest BCUT2D eigenvalue weighted by atomic mass is 10.1. The fourth-order valence-electron chi connectivity index (χ4n) is 3.76. The van der Waals surface area contributed by atoms with E-state index in [1.54, 1.807) is 28.8 Å². The lowest BCUT2D eigenvalue weighted by molar-refractivity contribution is 0.0297. The van der Waals surface area contributed by atoms with Crippen molar-refractivity contribution in [3.05, 3.63) is 41.2 Å². The quantitative estimate of drug-likeness (QED) is 0.721. The highest BCUT2D eigenvalue weighted by molar-refractivity contribution is 7.89. The first-order valence-electron chi connectivity index (χ1n) is 9.48. The fourth-order valence-corrected chi connectivity index (χ4v) is 5.17. The van der Waals surface area contributed by atoms with Crippen LogP contribution in [0.15, 0.2) is 29.2 Å². The van der Waals surface area contributed by atoms with E-state index in [0.29, 0.717) is 56.3 Å². The number of aryl methyl sites for hydroxylation is 1. The molecule has 0 atom stereocenters. The van der Waals surface area contributed by atoms with Gasteiger partial charge < -0.3 is 14.4 Å². The van der Waals surface area contributed by atoms with Crippen molar-refractivity contribution in [3.8, 4) is 5.75 Å². The molecule has 1 amide bonds. The van der Waals surface area contributed by atoms with Gasteiger partial charge in [0.05, 0.1) is 25.2 Å². The van der Waals surface area contributed by atoms with Gasteiger partial charge in [0.25, 0.3) is 5.91 Å². The molecular weight excluding hydrogens is 396 g/mol. The second kappa shape index (κ2) is 7.77. The largest absolute Gasteiger partial charge is 0.497 e. The molecule has 4 rings (SSSR count). The summed E-state index contributed by atoms with van der Waals surface area (Å²) in [5.74, 6) is 0.421. The van der Waals surface area contributed by atoms with Gasteiger partial charge in [-0.3, -0.25) is 9.48 Å². The van der Waals surface area contributed by atoms with Gasteiger partial charge in [0, 0.05) is 50.9 Å². The number of hydrogen-bond donors (Lipinski definition) is 0. The molecule has 0 N–H and O–H groups in total. The summed E-state index contributed by atoms with van der Waals surface area (Å²) < 4.78 is 39.8. The van der Waals surface area contributed by atoms with Crippen LogP contribution in [0.2, 0.25) is 0 Å². The molecule has 156 valence electrons. The SMILES string of the molecule is COc1ccc(S(=O)(=O)N2CCc3c(c(C(=O)N4CCOCC4)nn3C)C2)cc1. The fraction of sp³-hybridized carbons (Fsp3) is 0.474. The summed E-state index contributed by atoms with van der Waals surface area (Å²) >= 11 is 0. The molecule has 0 unspecified atom stereocenters. The van der Waals surface area contributed by atoms with Gasteiger partial charge >= 0.3 is 0 Å². The molecule has 0 saturated carbocycles. The Morgan fingerprint density at radius 1 is 1.14 bits per heavy atom. The van der Waals surface area contributed by atoms with Crippen LogP contribution in [0.1, 0.15) is 21.7 Å². The number of benzene rings is 1. The lowest BCUT2D eigenvalue weighted by Crippen LogP contribution is -2.42. The van der Waals surface area contributed by atoms with Crippen LogP contribution < -0.4 is 4.74 Å². The predicted octanol–water partition coefficient (Wildman–Crippen LogP) is 0.648. The summed E-state index contributed by atoms with van der Waals surface area (Å²) in [5.41, 5.74) is 1.93. The molecule has 1 aromatic heterocycles. The van der Waals surface area contributed by atoms with E-state index in [4.69, 9.17) is 9.47 Å². The second-order valence-electron chi connectivity index (χ2n) is 7.07. The maximum Gasteiger partial charge on any atom is 0.274 e. The van der Waals surface area contributed by atoms with E-state index in [1.807, 2.05) is 0 Å². The Bertz CT molecular complexity index is 1010. The number of carbonyl (C=O) groups is 1. The first kappa shape index (κ1) is 19.9. The maximum absolute atomic E-state index is 13.1. The molecule has 2 aliphatic rings. The van der Waals surface area contributed by atoms with Crippen LogP contribution in [0.25, 0.3) is 0 Å². The van der Waals surface area contributed by atoms with Gasteiger partial charge in [-0.15, -0.1) is 0 Å². The van der Waals surface area contributed by atoms with Gasteiger partial charge in [-0.1, -0.05) is 0 Å². The Kier molecular flexibility index (Phi) is 5.32. The van der Waals surface area contributed by atoms with Crippen LogP contribution in [-0.2, 0) is 34.8 Å². The second-order valence-corrected chi connectivity index (χ2v) is 9.00. The Labute approximate surface area is 169 Å². The van der Waals surface area contributed by atoms with Crippen LogP contribution in [0.4, 0.5) is 0 Å². The molecule has 0 aliphatic carbocycles. The summed E-state index contributed by atoms with van der Waals surface area (Å²) in [6.07, 6.45) is 0.505. The van der Waals surface area contributed by atoms with E-state index in [0.717, 1.165) is 5.69 Å². The zero-order valence-corrected chi connectivity index (χ0v) is 17.3. The number of morpholine rings is 1. The van der Waals surface area contributed by atoms with Crippen molar-refractivity contribution in [2.24, 2.45) is 7.05 Å². The molecule has 9 nitrogen and oxygen atoms in total. The van der Waals surface area contributed by atoms with Crippen LogP contribution in [0, 0.1) is 0 Å². The van der Waals surface area contributed by atoms with Crippen molar-refractivity contribution in [2.75, 3.05) is 40.0 Å². The molecule has 29 heavy (non-hydrogen) atoms. The molecule has 3 heterocycles. The van der Waals surface area contributed by atoms with Crippen LogP contribution in [-0.4, -0.2) is 73.3 Å². The molecule has 0 spiro atoms. The molecule has 10 heteroatoms. The van der Waals surface area contributed by atoms with Crippen LogP contribution in [0.5, 0.6) is 5.75 Å².